The zero-order chi connectivity index (χ0) is 19.0. The lowest BCUT2D eigenvalue weighted by atomic mass is 10.0. The molecule has 0 atom stereocenters. The van der Waals surface area contributed by atoms with Gasteiger partial charge in [0.05, 0.1) is 18.8 Å². The third kappa shape index (κ3) is 3.25. The summed E-state index contributed by atoms with van der Waals surface area (Å²) in [4.78, 5) is 25.8. The van der Waals surface area contributed by atoms with Crippen molar-refractivity contribution in [2.24, 2.45) is 0 Å². The number of piperidine rings is 1. The van der Waals surface area contributed by atoms with E-state index in [0.29, 0.717) is 50.7 Å². The SMILES string of the molecule is O=C(c1cnc(N2CCc3ccccc3C2)nc1)N1CCC2(CC1)OCCO2. The Bertz CT molecular complexity index is 854. The molecule has 0 N–H and O–H groups in total. The maximum Gasteiger partial charge on any atom is 0.256 e. The van der Waals surface area contributed by atoms with E-state index in [2.05, 4.69) is 39.1 Å². The number of rotatable bonds is 2. The van der Waals surface area contributed by atoms with Crippen LogP contribution in [-0.4, -0.2) is 59.4 Å². The summed E-state index contributed by atoms with van der Waals surface area (Å²) in [5.41, 5.74) is 3.24. The molecule has 0 aliphatic carbocycles. The standard InChI is InChI=1S/C21H24N4O3/c26-19(24-9-6-21(7-10-24)27-11-12-28-21)18-13-22-20(23-14-18)25-8-5-16-3-1-2-4-17(16)15-25/h1-4,13-14H,5-12,15H2. The van der Waals surface area contributed by atoms with Gasteiger partial charge >= 0.3 is 0 Å². The van der Waals surface area contributed by atoms with E-state index in [1.54, 1.807) is 12.4 Å². The lowest BCUT2D eigenvalue weighted by molar-refractivity contribution is -0.181. The highest BCUT2D eigenvalue weighted by molar-refractivity contribution is 5.93. The van der Waals surface area contributed by atoms with E-state index in [1.165, 1.54) is 11.1 Å². The number of nitrogens with zero attached hydrogens (tertiary/aromatic N) is 4. The molecular formula is C21H24N4O3. The van der Waals surface area contributed by atoms with Crippen molar-refractivity contribution < 1.29 is 14.3 Å². The smallest absolute Gasteiger partial charge is 0.256 e. The number of hydrogen-bond acceptors (Lipinski definition) is 6. The summed E-state index contributed by atoms with van der Waals surface area (Å²) in [6, 6.07) is 8.48. The minimum Gasteiger partial charge on any atom is -0.347 e. The topological polar surface area (TPSA) is 67.8 Å². The Morgan fingerprint density at radius 1 is 0.964 bits per heavy atom. The average molecular weight is 380 g/mol. The lowest BCUT2D eigenvalue weighted by Gasteiger charge is -2.37. The molecule has 5 rings (SSSR count). The summed E-state index contributed by atoms with van der Waals surface area (Å²) in [5.74, 6) is 0.182. The van der Waals surface area contributed by atoms with Crippen LogP contribution >= 0.6 is 0 Å². The molecule has 4 heterocycles. The molecule has 2 saturated heterocycles. The van der Waals surface area contributed by atoms with Crippen LogP contribution in [0, 0.1) is 0 Å². The fraction of sp³-hybridized carbons (Fsp3) is 0.476. The molecule has 2 aromatic rings. The van der Waals surface area contributed by atoms with Gasteiger partial charge in [0.2, 0.25) is 5.95 Å². The number of ether oxygens (including phenoxy) is 2. The highest BCUT2D eigenvalue weighted by atomic mass is 16.7. The Hall–Kier alpha value is -2.51. The van der Waals surface area contributed by atoms with Gasteiger partial charge in [0.1, 0.15) is 0 Å². The number of benzene rings is 1. The van der Waals surface area contributed by atoms with Crippen LogP contribution in [0.5, 0.6) is 0 Å². The molecule has 1 aromatic heterocycles. The number of carbonyl (C=O) groups is 1. The van der Waals surface area contributed by atoms with Crippen LogP contribution in [0.25, 0.3) is 0 Å². The van der Waals surface area contributed by atoms with Gasteiger partial charge in [-0.1, -0.05) is 24.3 Å². The Labute approximate surface area is 164 Å². The van der Waals surface area contributed by atoms with Crippen molar-refractivity contribution in [1.29, 1.82) is 0 Å². The van der Waals surface area contributed by atoms with Gasteiger partial charge in [0.25, 0.3) is 5.91 Å². The van der Waals surface area contributed by atoms with Crippen molar-refractivity contribution in [3.8, 4) is 0 Å². The first-order valence-electron chi connectivity index (χ1n) is 9.93. The molecule has 3 aliphatic rings. The van der Waals surface area contributed by atoms with Crippen molar-refractivity contribution in [1.82, 2.24) is 14.9 Å². The lowest BCUT2D eigenvalue weighted by Crippen LogP contribution is -2.47. The molecule has 7 heteroatoms. The Balaban J connectivity index is 1.24. The van der Waals surface area contributed by atoms with Gasteiger partial charge in [0.15, 0.2) is 5.79 Å². The number of hydrogen-bond donors (Lipinski definition) is 0. The van der Waals surface area contributed by atoms with Crippen LogP contribution in [0.1, 0.15) is 34.3 Å². The van der Waals surface area contributed by atoms with E-state index < -0.39 is 5.79 Å². The van der Waals surface area contributed by atoms with Crippen molar-refractivity contribution in [2.45, 2.75) is 31.6 Å². The van der Waals surface area contributed by atoms with E-state index in [0.717, 1.165) is 19.5 Å². The molecule has 7 nitrogen and oxygen atoms in total. The van der Waals surface area contributed by atoms with E-state index in [1.807, 2.05) is 4.90 Å². The number of aromatic nitrogens is 2. The molecule has 1 aromatic carbocycles. The third-order valence-electron chi connectivity index (χ3n) is 5.92. The van der Waals surface area contributed by atoms with Gasteiger partial charge in [-0.3, -0.25) is 4.79 Å². The number of amides is 1. The zero-order valence-corrected chi connectivity index (χ0v) is 15.8. The Kier molecular flexibility index (Phi) is 4.49. The molecule has 0 radical (unpaired) electrons. The zero-order valence-electron chi connectivity index (χ0n) is 15.8. The summed E-state index contributed by atoms with van der Waals surface area (Å²) >= 11 is 0. The molecular weight excluding hydrogens is 356 g/mol. The average Bonchev–Trinajstić information content (AvgIpc) is 3.21. The summed E-state index contributed by atoms with van der Waals surface area (Å²) in [6.45, 7) is 4.23. The molecule has 1 spiro atoms. The molecule has 2 fully saturated rings. The Morgan fingerprint density at radius 3 is 2.36 bits per heavy atom. The maximum atomic E-state index is 12.8. The van der Waals surface area contributed by atoms with Gasteiger partial charge in [-0.2, -0.15) is 0 Å². The van der Waals surface area contributed by atoms with Crippen LogP contribution in [0.15, 0.2) is 36.7 Å². The summed E-state index contributed by atoms with van der Waals surface area (Å²) in [5, 5.41) is 0. The normalized spacial score (nSPS) is 21.0. The largest absolute Gasteiger partial charge is 0.347 e. The quantitative estimate of drug-likeness (QED) is 0.794. The molecule has 146 valence electrons. The fourth-order valence-electron chi connectivity index (χ4n) is 4.28. The second-order valence-corrected chi connectivity index (χ2v) is 7.61. The van der Waals surface area contributed by atoms with E-state index in [9.17, 15) is 4.79 Å². The predicted octanol–water partition coefficient (Wildman–Crippen LogP) is 2.02. The van der Waals surface area contributed by atoms with E-state index in [4.69, 9.17) is 9.47 Å². The van der Waals surface area contributed by atoms with Gasteiger partial charge in [0, 0.05) is 51.4 Å². The van der Waals surface area contributed by atoms with E-state index in [-0.39, 0.29) is 5.91 Å². The summed E-state index contributed by atoms with van der Waals surface area (Å²) in [6.07, 6.45) is 5.71. The van der Waals surface area contributed by atoms with E-state index >= 15 is 0 Å². The molecule has 0 bridgehead atoms. The molecule has 28 heavy (non-hydrogen) atoms. The first-order chi connectivity index (χ1) is 13.7. The minimum absolute atomic E-state index is 0.0246. The van der Waals surface area contributed by atoms with Crippen LogP contribution in [0.4, 0.5) is 5.95 Å². The highest BCUT2D eigenvalue weighted by Gasteiger charge is 2.40. The van der Waals surface area contributed by atoms with Gasteiger partial charge < -0.3 is 19.3 Å². The van der Waals surface area contributed by atoms with Crippen LogP contribution < -0.4 is 4.90 Å². The third-order valence-corrected chi connectivity index (χ3v) is 5.92. The second-order valence-electron chi connectivity index (χ2n) is 7.61. The number of anilines is 1. The number of fused-ring (bicyclic) bond motifs is 1. The molecule has 3 aliphatic heterocycles. The van der Waals surface area contributed by atoms with Gasteiger partial charge in [-0.15, -0.1) is 0 Å². The van der Waals surface area contributed by atoms with Crippen molar-refractivity contribution in [2.75, 3.05) is 37.7 Å². The van der Waals surface area contributed by atoms with Crippen molar-refractivity contribution in [3.05, 3.63) is 53.3 Å². The fourth-order valence-corrected chi connectivity index (χ4v) is 4.28. The summed E-state index contributed by atoms with van der Waals surface area (Å²) in [7, 11) is 0. The molecule has 1 amide bonds. The van der Waals surface area contributed by atoms with Gasteiger partial charge in [-0.25, -0.2) is 9.97 Å². The van der Waals surface area contributed by atoms with Crippen LogP contribution in [-0.2, 0) is 22.4 Å². The highest BCUT2D eigenvalue weighted by Crippen LogP contribution is 2.31. The number of carbonyl (C=O) groups excluding carboxylic acids is 1. The maximum absolute atomic E-state index is 12.8. The Morgan fingerprint density at radius 2 is 1.64 bits per heavy atom. The first-order valence-corrected chi connectivity index (χ1v) is 9.93. The number of likely N-dealkylation sites (tertiary alicyclic amines) is 1. The molecule has 0 unspecified atom stereocenters. The summed E-state index contributed by atoms with van der Waals surface area (Å²) < 4.78 is 11.5. The van der Waals surface area contributed by atoms with Crippen LogP contribution in [0.2, 0.25) is 0 Å². The monoisotopic (exact) mass is 380 g/mol. The predicted molar refractivity (Wildman–Crippen MR) is 103 cm³/mol. The van der Waals surface area contributed by atoms with Crippen molar-refractivity contribution in [3.63, 3.8) is 0 Å². The van der Waals surface area contributed by atoms with Crippen molar-refractivity contribution >= 4 is 11.9 Å². The van der Waals surface area contributed by atoms with Crippen LogP contribution in [0.3, 0.4) is 0 Å². The second kappa shape index (κ2) is 7.14. The first kappa shape index (κ1) is 17.6. The van der Waals surface area contributed by atoms with Gasteiger partial charge in [-0.05, 0) is 17.5 Å². The molecule has 0 saturated carbocycles. The minimum atomic E-state index is -0.471.